The van der Waals surface area contributed by atoms with E-state index in [4.69, 9.17) is 11.6 Å². The third kappa shape index (κ3) is 6.12. The molecule has 0 saturated carbocycles. The maximum atomic E-state index is 12.4. The summed E-state index contributed by atoms with van der Waals surface area (Å²) in [6, 6.07) is 21.4. The van der Waals surface area contributed by atoms with Gasteiger partial charge in [-0.15, -0.1) is 0 Å². The first-order chi connectivity index (χ1) is 13.2. The van der Waals surface area contributed by atoms with Crippen LogP contribution in [-0.4, -0.2) is 24.0 Å². The molecule has 3 aromatic rings. The fraction of sp³-hybridized carbons (Fsp3) is 0.182. The molecule has 5 heteroatoms. The van der Waals surface area contributed by atoms with E-state index in [0.29, 0.717) is 22.9 Å². The molecule has 1 aromatic heterocycles. The number of halogens is 1. The van der Waals surface area contributed by atoms with Gasteiger partial charge in [-0.05, 0) is 48.2 Å². The second-order valence-electron chi connectivity index (χ2n) is 6.23. The van der Waals surface area contributed by atoms with Gasteiger partial charge in [-0.2, -0.15) is 0 Å². The number of pyridine rings is 1. The van der Waals surface area contributed by atoms with Gasteiger partial charge in [0, 0.05) is 29.9 Å². The van der Waals surface area contributed by atoms with Crippen molar-refractivity contribution < 1.29 is 4.79 Å². The first kappa shape index (κ1) is 18.9. The summed E-state index contributed by atoms with van der Waals surface area (Å²) in [5, 5.41) is 6.92. The molecule has 1 amide bonds. The topological polar surface area (TPSA) is 54.0 Å². The van der Waals surface area contributed by atoms with E-state index in [0.717, 1.165) is 24.9 Å². The zero-order valence-electron chi connectivity index (χ0n) is 15.0. The Hall–Kier alpha value is -2.85. The van der Waals surface area contributed by atoms with Crippen LogP contribution in [-0.2, 0) is 12.8 Å². The largest absolute Gasteiger partial charge is 0.370 e. The van der Waals surface area contributed by atoms with Crippen LogP contribution in [0.25, 0.3) is 0 Å². The van der Waals surface area contributed by atoms with Crippen LogP contribution in [0.3, 0.4) is 0 Å². The molecule has 0 fully saturated rings. The Morgan fingerprint density at radius 2 is 1.67 bits per heavy atom. The van der Waals surface area contributed by atoms with E-state index in [2.05, 4.69) is 27.8 Å². The first-order valence-corrected chi connectivity index (χ1v) is 9.35. The zero-order valence-corrected chi connectivity index (χ0v) is 15.7. The van der Waals surface area contributed by atoms with E-state index >= 15 is 0 Å². The van der Waals surface area contributed by atoms with Gasteiger partial charge in [-0.25, -0.2) is 4.98 Å². The normalized spacial score (nSPS) is 10.4. The lowest BCUT2D eigenvalue weighted by molar-refractivity contribution is 0.0954. The van der Waals surface area contributed by atoms with Crippen molar-refractivity contribution in [3.8, 4) is 0 Å². The maximum Gasteiger partial charge on any atom is 0.251 e. The zero-order chi connectivity index (χ0) is 18.9. The standard InChI is InChI=1S/C22H22ClN3O/c23-20-8-4-7-18(15-20)10-13-26-22(27)19-11-14-25-21(16-19)24-12-9-17-5-2-1-3-6-17/h1-8,11,14-16H,9-10,12-13H2,(H,24,25)(H,26,27). The van der Waals surface area contributed by atoms with Gasteiger partial charge in [0.2, 0.25) is 0 Å². The highest BCUT2D eigenvalue weighted by molar-refractivity contribution is 6.30. The Kier molecular flexibility index (Phi) is 6.83. The van der Waals surface area contributed by atoms with Crippen LogP contribution in [0.15, 0.2) is 72.9 Å². The fourth-order valence-corrected chi connectivity index (χ4v) is 2.98. The molecule has 0 spiro atoms. The number of rotatable bonds is 8. The SMILES string of the molecule is O=C(NCCc1cccc(Cl)c1)c1ccnc(NCCc2ccccc2)c1. The second kappa shape index (κ2) is 9.74. The third-order valence-corrected chi connectivity index (χ3v) is 4.41. The Bertz CT molecular complexity index is 883. The molecule has 0 aliphatic carbocycles. The molecule has 27 heavy (non-hydrogen) atoms. The van der Waals surface area contributed by atoms with Crippen molar-refractivity contribution in [3.63, 3.8) is 0 Å². The predicted octanol–water partition coefficient (Wildman–Crippen LogP) is 4.36. The number of carbonyl (C=O) groups excluding carboxylic acids is 1. The predicted molar refractivity (Wildman–Crippen MR) is 110 cm³/mol. The summed E-state index contributed by atoms with van der Waals surface area (Å²) in [7, 11) is 0. The number of nitrogens with zero attached hydrogens (tertiary/aromatic N) is 1. The number of anilines is 1. The molecule has 1 heterocycles. The van der Waals surface area contributed by atoms with E-state index in [1.165, 1.54) is 5.56 Å². The molecule has 0 aliphatic rings. The van der Waals surface area contributed by atoms with Crippen molar-refractivity contribution in [2.24, 2.45) is 0 Å². The number of carbonyl (C=O) groups is 1. The molecule has 0 radical (unpaired) electrons. The summed E-state index contributed by atoms with van der Waals surface area (Å²) in [5.41, 5.74) is 2.96. The van der Waals surface area contributed by atoms with Gasteiger partial charge in [-0.3, -0.25) is 4.79 Å². The van der Waals surface area contributed by atoms with Crippen molar-refractivity contribution in [3.05, 3.63) is 94.6 Å². The third-order valence-electron chi connectivity index (χ3n) is 4.17. The number of aromatic nitrogens is 1. The first-order valence-electron chi connectivity index (χ1n) is 8.97. The average Bonchev–Trinajstić information content (AvgIpc) is 2.69. The summed E-state index contributed by atoms with van der Waals surface area (Å²) in [5.74, 6) is 0.596. The van der Waals surface area contributed by atoms with Gasteiger partial charge < -0.3 is 10.6 Å². The Balaban J connectivity index is 1.48. The van der Waals surface area contributed by atoms with E-state index < -0.39 is 0 Å². The van der Waals surface area contributed by atoms with E-state index in [9.17, 15) is 4.79 Å². The van der Waals surface area contributed by atoms with Crippen LogP contribution in [0.4, 0.5) is 5.82 Å². The average molecular weight is 380 g/mol. The van der Waals surface area contributed by atoms with Crippen LogP contribution in [0, 0.1) is 0 Å². The molecule has 3 rings (SSSR count). The van der Waals surface area contributed by atoms with Crippen molar-refractivity contribution in [2.75, 3.05) is 18.4 Å². The highest BCUT2D eigenvalue weighted by atomic mass is 35.5. The summed E-state index contributed by atoms with van der Waals surface area (Å²) < 4.78 is 0. The number of amides is 1. The summed E-state index contributed by atoms with van der Waals surface area (Å²) in [4.78, 5) is 16.6. The van der Waals surface area contributed by atoms with Crippen LogP contribution in [0.2, 0.25) is 5.02 Å². The lowest BCUT2D eigenvalue weighted by Crippen LogP contribution is -2.25. The second-order valence-corrected chi connectivity index (χ2v) is 6.66. The van der Waals surface area contributed by atoms with Crippen molar-refractivity contribution in [1.82, 2.24) is 10.3 Å². The smallest absolute Gasteiger partial charge is 0.251 e. The van der Waals surface area contributed by atoms with Crippen LogP contribution < -0.4 is 10.6 Å². The molecular formula is C22H22ClN3O. The lowest BCUT2D eigenvalue weighted by atomic mass is 10.1. The van der Waals surface area contributed by atoms with Crippen LogP contribution >= 0.6 is 11.6 Å². The molecule has 0 saturated heterocycles. The van der Waals surface area contributed by atoms with Gasteiger partial charge in [0.15, 0.2) is 0 Å². The van der Waals surface area contributed by atoms with Gasteiger partial charge in [0.25, 0.3) is 5.91 Å². The lowest BCUT2D eigenvalue weighted by Gasteiger charge is -2.09. The molecule has 2 aromatic carbocycles. The molecule has 2 N–H and O–H groups in total. The van der Waals surface area contributed by atoms with E-state index in [-0.39, 0.29) is 5.91 Å². The summed E-state index contributed by atoms with van der Waals surface area (Å²) in [6.07, 6.45) is 3.29. The minimum absolute atomic E-state index is 0.106. The monoisotopic (exact) mass is 379 g/mol. The molecule has 0 bridgehead atoms. The number of benzene rings is 2. The molecular weight excluding hydrogens is 358 g/mol. The number of nitrogens with one attached hydrogen (secondary N) is 2. The van der Waals surface area contributed by atoms with Gasteiger partial charge in [0.05, 0.1) is 0 Å². The summed E-state index contributed by atoms with van der Waals surface area (Å²) in [6.45, 7) is 1.31. The van der Waals surface area contributed by atoms with E-state index in [1.54, 1.807) is 18.3 Å². The molecule has 4 nitrogen and oxygen atoms in total. The molecule has 0 atom stereocenters. The maximum absolute atomic E-state index is 12.4. The molecule has 138 valence electrons. The quantitative estimate of drug-likeness (QED) is 0.611. The fourth-order valence-electron chi connectivity index (χ4n) is 2.76. The minimum Gasteiger partial charge on any atom is -0.370 e. The van der Waals surface area contributed by atoms with Gasteiger partial charge in [0.1, 0.15) is 5.82 Å². The van der Waals surface area contributed by atoms with Crippen molar-refractivity contribution in [1.29, 1.82) is 0 Å². The Labute approximate surface area is 164 Å². The summed E-state index contributed by atoms with van der Waals surface area (Å²) >= 11 is 5.98. The highest BCUT2D eigenvalue weighted by Crippen LogP contribution is 2.11. The highest BCUT2D eigenvalue weighted by Gasteiger charge is 2.06. The number of hydrogen-bond donors (Lipinski definition) is 2. The Morgan fingerprint density at radius 3 is 2.48 bits per heavy atom. The van der Waals surface area contributed by atoms with Crippen molar-refractivity contribution >= 4 is 23.3 Å². The minimum atomic E-state index is -0.106. The Morgan fingerprint density at radius 1 is 0.889 bits per heavy atom. The van der Waals surface area contributed by atoms with Crippen molar-refractivity contribution in [2.45, 2.75) is 12.8 Å². The molecule has 0 aliphatic heterocycles. The van der Waals surface area contributed by atoms with Gasteiger partial charge >= 0.3 is 0 Å². The van der Waals surface area contributed by atoms with Crippen LogP contribution in [0.1, 0.15) is 21.5 Å². The molecule has 0 unspecified atom stereocenters. The van der Waals surface area contributed by atoms with Crippen LogP contribution in [0.5, 0.6) is 0 Å². The van der Waals surface area contributed by atoms with Gasteiger partial charge in [-0.1, -0.05) is 54.1 Å². The number of hydrogen-bond acceptors (Lipinski definition) is 3. The van der Waals surface area contributed by atoms with E-state index in [1.807, 2.05) is 42.5 Å².